The fourth-order valence-electron chi connectivity index (χ4n) is 3.25. The van der Waals surface area contributed by atoms with Gasteiger partial charge in [-0.25, -0.2) is 0 Å². The fourth-order valence-corrected chi connectivity index (χ4v) is 4.64. The van der Waals surface area contributed by atoms with Gasteiger partial charge in [0, 0.05) is 21.1 Å². The van der Waals surface area contributed by atoms with Gasteiger partial charge in [-0.1, -0.05) is 51.4 Å². The summed E-state index contributed by atoms with van der Waals surface area (Å²) in [6.07, 6.45) is 0. The number of halogens is 2. The molecule has 1 aliphatic rings. The van der Waals surface area contributed by atoms with Crippen molar-refractivity contribution in [2.75, 3.05) is 18.2 Å². The van der Waals surface area contributed by atoms with E-state index in [9.17, 15) is 19.6 Å². The minimum absolute atomic E-state index is 0.0580. The van der Waals surface area contributed by atoms with Crippen molar-refractivity contribution in [1.82, 2.24) is 5.32 Å². The van der Waals surface area contributed by atoms with Crippen LogP contribution >= 0.6 is 39.3 Å². The van der Waals surface area contributed by atoms with Crippen LogP contribution in [0.1, 0.15) is 11.5 Å². The number of thioether (sulfide) groups is 1. The molecule has 2 aromatic carbocycles. The number of carbonyl (C=O) groups excluding carboxylic acids is 3. The highest BCUT2D eigenvalue weighted by atomic mass is 79.9. The zero-order valence-corrected chi connectivity index (χ0v) is 19.9. The number of nitrogens with zero attached hydrogens (tertiary/aromatic N) is 1. The number of carbonyl (C=O) groups is 3. The van der Waals surface area contributed by atoms with Crippen LogP contribution in [-0.2, 0) is 19.1 Å². The van der Waals surface area contributed by atoms with Crippen LogP contribution in [0.25, 0.3) is 0 Å². The van der Waals surface area contributed by atoms with Crippen LogP contribution in [-0.4, -0.2) is 30.6 Å². The third-order valence-corrected chi connectivity index (χ3v) is 6.43. The number of methoxy groups -OCH3 is 1. The largest absolute Gasteiger partial charge is 0.468 e. The molecule has 0 bridgehead atoms. The fraction of sp³-hybridized carbons (Fsp3) is 0.182. The van der Waals surface area contributed by atoms with Gasteiger partial charge in [0.05, 0.1) is 29.5 Å². The Labute approximate surface area is 202 Å². The number of rotatable bonds is 6. The normalized spacial score (nSPS) is 17.9. The second-order valence-corrected chi connectivity index (χ2v) is 9.06. The molecule has 0 spiro atoms. The lowest BCUT2D eigenvalue weighted by Crippen LogP contribution is -2.44. The minimum atomic E-state index is -1.23. The molecule has 0 saturated heterocycles. The van der Waals surface area contributed by atoms with E-state index >= 15 is 0 Å². The molecular formula is C22H17BrClN3O4S. The summed E-state index contributed by atoms with van der Waals surface area (Å²) in [4.78, 5) is 37.6. The van der Waals surface area contributed by atoms with E-state index in [2.05, 4.69) is 32.6 Å². The first-order valence-electron chi connectivity index (χ1n) is 9.30. The SMILES string of the molecule is COC(=O)[C@@H]1C(=O)NC(SCC(=O)Nc2ccc(Cl)cc2)=C(C#N)[C@H]1c1cccc(Br)c1. The van der Waals surface area contributed by atoms with Crippen LogP contribution < -0.4 is 10.6 Å². The van der Waals surface area contributed by atoms with E-state index in [0.29, 0.717) is 16.3 Å². The Morgan fingerprint density at radius 1 is 1.28 bits per heavy atom. The van der Waals surface area contributed by atoms with Gasteiger partial charge >= 0.3 is 5.97 Å². The third-order valence-electron chi connectivity index (χ3n) is 4.67. The third kappa shape index (κ3) is 5.51. The number of anilines is 1. The summed E-state index contributed by atoms with van der Waals surface area (Å²) in [6, 6.07) is 15.8. The van der Waals surface area contributed by atoms with E-state index in [1.807, 2.05) is 0 Å². The summed E-state index contributed by atoms with van der Waals surface area (Å²) in [5.41, 5.74) is 1.35. The summed E-state index contributed by atoms with van der Waals surface area (Å²) in [6.45, 7) is 0. The Balaban J connectivity index is 1.88. The lowest BCUT2D eigenvalue weighted by molar-refractivity contribution is -0.150. The van der Waals surface area contributed by atoms with Gasteiger partial charge in [0.2, 0.25) is 11.8 Å². The van der Waals surface area contributed by atoms with Crippen molar-refractivity contribution in [3.05, 3.63) is 74.2 Å². The standard InChI is InChI=1S/C22H17BrClN3O4S/c1-31-22(30)19-18(12-3-2-4-13(23)9-12)16(10-25)21(27-20(19)29)32-11-17(28)26-15-7-5-14(24)6-8-15/h2-9,18-19H,11H2,1H3,(H,26,28)(H,27,29)/t18-,19+/m1/s1. The minimum Gasteiger partial charge on any atom is -0.468 e. The number of hydrogen-bond donors (Lipinski definition) is 2. The smallest absolute Gasteiger partial charge is 0.319 e. The van der Waals surface area contributed by atoms with Crippen LogP contribution in [0.5, 0.6) is 0 Å². The molecule has 2 N–H and O–H groups in total. The summed E-state index contributed by atoms with van der Waals surface area (Å²) < 4.78 is 5.55. The first-order valence-corrected chi connectivity index (χ1v) is 11.5. The van der Waals surface area contributed by atoms with Gasteiger partial charge in [0.15, 0.2) is 0 Å². The zero-order valence-electron chi connectivity index (χ0n) is 16.7. The van der Waals surface area contributed by atoms with E-state index in [0.717, 1.165) is 16.2 Å². The number of amides is 2. The Bertz CT molecular complexity index is 1130. The van der Waals surface area contributed by atoms with E-state index < -0.39 is 23.7 Å². The van der Waals surface area contributed by atoms with Crippen LogP contribution in [0.4, 0.5) is 5.69 Å². The molecule has 0 saturated carbocycles. The van der Waals surface area contributed by atoms with E-state index in [4.69, 9.17) is 16.3 Å². The van der Waals surface area contributed by atoms with Crippen molar-refractivity contribution in [3.8, 4) is 6.07 Å². The summed E-state index contributed by atoms with van der Waals surface area (Å²) in [5, 5.41) is 16.0. The van der Waals surface area contributed by atoms with Crippen molar-refractivity contribution in [1.29, 1.82) is 5.26 Å². The van der Waals surface area contributed by atoms with E-state index in [1.165, 1.54) is 7.11 Å². The molecule has 1 heterocycles. The number of ether oxygens (including phenoxy) is 1. The average Bonchev–Trinajstić information content (AvgIpc) is 2.78. The molecule has 3 rings (SSSR count). The monoisotopic (exact) mass is 533 g/mol. The molecular weight excluding hydrogens is 518 g/mol. The molecule has 1 aliphatic heterocycles. The van der Waals surface area contributed by atoms with E-state index in [1.54, 1.807) is 48.5 Å². The highest BCUT2D eigenvalue weighted by molar-refractivity contribution is 9.10. The maximum atomic E-state index is 12.8. The zero-order chi connectivity index (χ0) is 23.3. The first-order chi connectivity index (χ1) is 15.3. The highest BCUT2D eigenvalue weighted by Gasteiger charge is 2.44. The Morgan fingerprint density at radius 3 is 2.62 bits per heavy atom. The summed E-state index contributed by atoms with van der Waals surface area (Å²) >= 11 is 10.2. The van der Waals surface area contributed by atoms with Gasteiger partial charge in [0.25, 0.3) is 0 Å². The van der Waals surface area contributed by atoms with Gasteiger partial charge in [-0.05, 0) is 42.0 Å². The van der Waals surface area contributed by atoms with Gasteiger partial charge in [-0.2, -0.15) is 5.26 Å². The molecule has 10 heteroatoms. The molecule has 32 heavy (non-hydrogen) atoms. The van der Waals surface area contributed by atoms with Gasteiger partial charge in [0.1, 0.15) is 5.92 Å². The highest BCUT2D eigenvalue weighted by Crippen LogP contribution is 2.40. The Hall–Kier alpha value is -2.80. The summed E-state index contributed by atoms with van der Waals surface area (Å²) in [7, 11) is 1.19. The molecule has 2 atom stereocenters. The van der Waals surface area contributed by atoms with Gasteiger partial charge in [-0.3, -0.25) is 14.4 Å². The van der Waals surface area contributed by atoms with Crippen LogP contribution in [0, 0.1) is 17.2 Å². The van der Waals surface area contributed by atoms with Crippen molar-refractivity contribution >= 4 is 62.8 Å². The predicted molar refractivity (Wildman–Crippen MR) is 126 cm³/mol. The van der Waals surface area contributed by atoms with Crippen molar-refractivity contribution in [3.63, 3.8) is 0 Å². The van der Waals surface area contributed by atoms with Gasteiger partial charge in [-0.15, -0.1) is 0 Å². The number of hydrogen-bond acceptors (Lipinski definition) is 6. The molecule has 164 valence electrons. The predicted octanol–water partition coefficient (Wildman–Crippen LogP) is 4.21. The molecule has 2 aromatic rings. The van der Waals surface area contributed by atoms with Crippen molar-refractivity contribution in [2.45, 2.75) is 5.92 Å². The molecule has 0 radical (unpaired) electrons. The number of benzene rings is 2. The van der Waals surface area contributed by atoms with Gasteiger partial charge < -0.3 is 15.4 Å². The first kappa shape index (κ1) is 23.9. The quantitative estimate of drug-likeness (QED) is 0.425. The summed E-state index contributed by atoms with van der Waals surface area (Å²) in [5.74, 6) is -3.80. The molecule has 0 aromatic heterocycles. The number of nitrogens with one attached hydrogen (secondary N) is 2. The van der Waals surface area contributed by atoms with Crippen molar-refractivity contribution in [2.24, 2.45) is 5.92 Å². The van der Waals surface area contributed by atoms with Crippen LogP contribution in [0.15, 0.2) is 63.6 Å². The topological polar surface area (TPSA) is 108 Å². The average molecular weight is 535 g/mol. The molecule has 0 aliphatic carbocycles. The number of allylic oxidation sites excluding steroid dienone is 1. The second kappa shape index (κ2) is 10.7. The molecule has 2 amide bonds. The molecule has 7 nitrogen and oxygen atoms in total. The van der Waals surface area contributed by atoms with Crippen LogP contribution in [0.2, 0.25) is 5.02 Å². The second-order valence-electron chi connectivity index (χ2n) is 6.72. The number of esters is 1. The Morgan fingerprint density at radius 2 is 2.00 bits per heavy atom. The lowest BCUT2D eigenvalue weighted by atomic mass is 9.78. The molecule has 0 unspecified atom stereocenters. The lowest BCUT2D eigenvalue weighted by Gasteiger charge is -2.31. The van der Waals surface area contributed by atoms with E-state index in [-0.39, 0.29) is 22.3 Å². The maximum Gasteiger partial charge on any atom is 0.319 e. The Kier molecular flexibility index (Phi) is 7.96. The molecule has 0 fully saturated rings. The van der Waals surface area contributed by atoms with Crippen LogP contribution in [0.3, 0.4) is 0 Å². The number of nitriles is 1. The maximum absolute atomic E-state index is 12.8. The van der Waals surface area contributed by atoms with Crippen molar-refractivity contribution < 1.29 is 19.1 Å².